The number of hydrogen-bond acceptors (Lipinski definition) is 3. The topological polar surface area (TPSA) is 41.5 Å². The Morgan fingerprint density at radius 1 is 1.14 bits per heavy atom. The molecule has 3 nitrogen and oxygen atoms in total. The van der Waals surface area contributed by atoms with Gasteiger partial charge in [0.05, 0.1) is 15.6 Å². The van der Waals surface area contributed by atoms with Crippen LogP contribution in [0.15, 0.2) is 58.4 Å². The molecule has 2 aromatic carbocycles. The van der Waals surface area contributed by atoms with Gasteiger partial charge in [0, 0.05) is 5.56 Å². The highest BCUT2D eigenvalue weighted by Gasteiger charge is 2.24. The normalized spacial score (nSPS) is 18.0. The van der Waals surface area contributed by atoms with Gasteiger partial charge in [0.2, 0.25) is 0 Å². The summed E-state index contributed by atoms with van der Waals surface area (Å²) in [6.45, 7) is 0. The Hall–Kier alpha value is -2.11. The van der Waals surface area contributed by atoms with Gasteiger partial charge in [-0.2, -0.15) is 0 Å². The van der Waals surface area contributed by atoms with Crippen molar-refractivity contribution in [2.24, 2.45) is 4.99 Å². The van der Waals surface area contributed by atoms with Crippen LogP contribution in [0.25, 0.3) is 6.08 Å². The number of para-hydroxylation sites is 1. The zero-order valence-electron chi connectivity index (χ0n) is 11.2. The number of aliphatic imine (C=N–C) groups is 1. The van der Waals surface area contributed by atoms with Crippen LogP contribution < -0.4 is 5.32 Å². The lowest BCUT2D eigenvalue weighted by Crippen LogP contribution is -2.19. The molecule has 0 atom stereocenters. The van der Waals surface area contributed by atoms with E-state index in [2.05, 4.69) is 10.3 Å². The second-order valence-electron chi connectivity index (χ2n) is 4.45. The van der Waals surface area contributed by atoms with Crippen LogP contribution in [0.2, 0.25) is 5.02 Å². The lowest BCUT2D eigenvalue weighted by molar-refractivity contribution is -0.115. The average Bonchev–Trinajstić information content (AvgIpc) is 2.84. The lowest BCUT2D eigenvalue weighted by atomic mass is 10.2. The monoisotopic (exact) mass is 332 g/mol. The molecule has 6 heteroatoms. The second kappa shape index (κ2) is 6.34. The van der Waals surface area contributed by atoms with Crippen LogP contribution >= 0.6 is 23.4 Å². The summed E-state index contributed by atoms with van der Waals surface area (Å²) >= 11 is 7.12. The maximum atomic E-state index is 13.8. The quantitative estimate of drug-likeness (QED) is 0.830. The molecule has 1 N–H and O–H groups in total. The summed E-state index contributed by atoms with van der Waals surface area (Å²) < 4.78 is 13.8. The predicted octanol–water partition coefficient (Wildman–Crippen LogP) is 4.37. The summed E-state index contributed by atoms with van der Waals surface area (Å²) in [6, 6.07) is 13.7. The fourth-order valence-corrected chi connectivity index (χ4v) is 2.92. The summed E-state index contributed by atoms with van der Waals surface area (Å²) in [5.74, 6) is -0.791. The van der Waals surface area contributed by atoms with Gasteiger partial charge in [0.1, 0.15) is 5.82 Å². The summed E-state index contributed by atoms with van der Waals surface area (Å²) in [7, 11) is 0. The third-order valence-corrected chi connectivity index (χ3v) is 4.15. The minimum Gasteiger partial charge on any atom is -0.300 e. The Balaban J connectivity index is 1.90. The first-order valence-corrected chi connectivity index (χ1v) is 7.61. The Morgan fingerprint density at radius 3 is 2.64 bits per heavy atom. The van der Waals surface area contributed by atoms with Crippen molar-refractivity contribution < 1.29 is 9.18 Å². The SMILES string of the molecule is O=C1NC(=Nc2ccccc2)S/C1=C/c1c(F)cccc1Cl. The van der Waals surface area contributed by atoms with E-state index < -0.39 is 5.82 Å². The van der Waals surface area contributed by atoms with Gasteiger partial charge in [-0.25, -0.2) is 9.38 Å². The Labute approximate surface area is 135 Å². The maximum absolute atomic E-state index is 13.8. The highest BCUT2D eigenvalue weighted by Crippen LogP contribution is 2.30. The Kier molecular flexibility index (Phi) is 4.27. The first-order chi connectivity index (χ1) is 10.6. The van der Waals surface area contributed by atoms with E-state index in [1.165, 1.54) is 18.2 Å². The molecular formula is C16H10ClFN2OS. The fraction of sp³-hybridized carbons (Fsp3) is 0. The van der Waals surface area contributed by atoms with E-state index in [-0.39, 0.29) is 16.5 Å². The predicted molar refractivity (Wildman–Crippen MR) is 88.7 cm³/mol. The highest BCUT2D eigenvalue weighted by molar-refractivity contribution is 8.18. The molecule has 0 saturated carbocycles. The number of amides is 1. The van der Waals surface area contributed by atoms with Crippen LogP contribution in [0, 0.1) is 5.82 Å². The molecule has 1 heterocycles. The molecule has 0 spiro atoms. The number of rotatable bonds is 2. The molecule has 1 saturated heterocycles. The molecule has 22 heavy (non-hydrogen) atoms. The van der Waals surface area contributed by atoms with Crippen molar-refractivity contribution in [2.45, 2.75) is 0 Å². The number of hydrogen-bond donors (Lipinski definition) is 1. The number of thioether (sulfide) groups is 1. The van der Waals surface area contributed by atoms with Crippen LogP contribution in [-0.2, 0) is 4.79 Å². The van der Waals surface area contributed by atoms with E-state index in [0.29, 0.717) is 10.1 Å². The molecule has 1 amide bonds. The molecule has 0 aromatic heterocycles. The molecule has 3 rings (SSSR count). The molecule has 110 valence electrons. The van der Waals surface area contributed by atoms with E-state index in [0.717, 1.165) is 17.4 Å². The zero-order valence-corrected chi connectivity index (χ0v) is 12.8. The molecule has 1 aliphatic heterocycles. The van der Waals surface area contributed by atoms with E-state index in [1.807, 2.05) is 30.3 Å². The number of carbonyl (C=O) groups excluding carboxylic acids is 1. The van der Waals surface area contributed by atoms with Crippen molar-refractivity contribution in [3.8, 4) is 0 Å². The molecule has 0 unspecified atom stereocenters. The summed E-state index contributed by atoms with van der Waals surface area (Å²) in [5, 5.41) is 3.36. The molecule has 0 bridgehead atoms. The Morgan fingerprint density at radius 2 is 1.91 bits per heavy atom. The van der Waals surface area contributed by atoms with Crippen LogP contribution in [0.4, 0.5) is 10.1 Å². The van der Waals surface area contributed by atoms with Crippen molar-refractivity contribution in [3.63, 3.8) is 0 Å². The average molecular weight is 333 g/mol. The second-order valence-corrected chi connectivity index (χ2v) is 5.89. The maximum Gasteiger partial charge on any atom is 0.264 e. The first-order valence-electron chi connectivity index (χ1n) is 6.42. The number of nitrogens with one attached hydrogen (secondary N) is 1. The molecule has 2 aromatic rings. The van der Waals surface area contributed by atoms with Crippen LogP contribution in [0.5, 0.6) is 0 Å². The van der Waals surface area contributed by atoms with Crippen molar-refractivity contribution in [3.05, 3.63) is 69.8 Å². The standard InChI is InChI=1S/C16H10ClFN2OS/c17-12-7-4-8-13(18)11(12)9-14-15(21)20-16(22-14)19-10-5-2-1-3-6-10/h1-9H,(H,19,20,21)/b14-9+. The van der Waals surface area contributed by atoms with E-state index in [9.17, 15) is 9.18 Å². The van der Waals surface area contributed by atoms with E-state index in [1.54, 1.807) is 6.07 Å². The number of carbonyl (C=O) groups is 1. The van der Waals surface area contributed by atoms with Gasteiger partial charge in [0.15, 0.2) is 5.17 Å². The number of amidine groups is 1. The minimum atomic E-state index is -0.471. The van der Waals surface area contributed by atoms with Crippen molar-refractivity contribution in [1.82, 2.24) is 5.32 Å². The van der Waals surface area contributed by atoms with Gasteiger partial charge < -0.3 is 5.32 Å². The van der Waals surface area contributed by atoms with Crippen LogP contribution in [-0.4, -0.2) is 11.1 Å². The van der Waals surface area contributed by atoms with Crippen LogP contribution in [0.1, 0.15) is 5.56 Å². The number of benzene rings is 2. The summed E-state index contributed by atoms with van der Waals surface area (Å²) in [6.07, 6.45) is 1.44. The smallest absolute Gasteiger partial charge is 0.264 e. The minimum absolute atomic E-state index is 0.197. The summed E-state index contributed by atoms with van der Waals surface area (Å²) in [4.78, 5) is 16.6. The third kappa shape index (κ3) is 3.21. The van der Waals surface area contributed by atoms with Crippen molar-refractivity contribution in [2.75, 3.05) is 0 Å². The van der Waals surface area contributed by atoms with Gasteiger partial charge in [-0.05, 0) is 42.1 Å². The molecule has 1 aliphatic rings. The number of nitrogens with zero attached hydrogens (tertiary/aromatic N) is 1. The highest BCUT2D eigenvalue weighted by atomic mass is 35.5. The Bertz CT molecular complexity index is 770. The van der Waals surface area contributed by atoms with Gasteiger partial charge in [-0.1, -0.05) is 35.9 Å². The van der Waals surface area contributed by atoms with E-state index in [4.69, 9.17) is 11.6 Å². The largest absolute Gasteiger partial charge is 0.300 e. The number of halogens is 2. The lowest BCUT2D eigenvalue weighted by Gasteiger charge is -2.00. The van der Waals surface area contributed by atoms with Crippen LogP contribution in [0.3, 0.4) is 0 Å². The van der Waals surface area contributed by atoms with Crippen molar-refractivity contribution >= 4 is 46.2 Å². The summed E-state index contributed by atoms with van der Waals surface area (Å²) in [5.41, 5.74) is 0.929. The van der Waals surface area contributed by atoms with Gasteiger partial charge in [-0.3, -0.25) is 4.79 Å². The van der Waals surface area contributed by atoms with Gasteiger partial charge in [-0.15, -0.1) is 0 Å². The van der Waals surface area contributed by atoms with Gasteiger partial charge >= 0.3 is 0 Å². The third-order valence-electron chi connectivity index (χ3n) is 2.91. The molecule has 0 aliphatic carbocycles. The molecule has 0 radical (unpaired) electrons. The van der Waals surface area contributed by atoms with E-state index >= 15 is 0 Å². The molecule has 1 fully saturated rings. The fourth-order valence-electron chi connectivity index (χ4n) is 1.88. The van der Waals surface area contributed by atoms with Gasteiger partial charge in [0.25, 0.3) is 5.91 Å². The van der Waals surface area contributed by atoms with Crippen molar-refractivity contribution in [1.29, 1.82) is 0 Å². The molecular weight excluding hydrogens is 323 g/mol. The first kappa shape index (κ1) is 14.8. The zero-order chi connectivity index (χ0) is 15.5.